The summed E-state index contributed by atoms with van der Waals surface area (Å²) in [6.45, 7) is 2.06. The number of rotatable bonds is 4. The van der Waals surface area contributed by atoms with Gasteiger partial charge in [0.1, 0.15) is 5.69 Å². The molecule has 1 aliphatic heterocycles. The minimum atomic E-state index is 0.0193. The summed E-state index contributed by atoms with van der Waals surface area (Å²) in [5.74, 6) is 0.0929. The van der Waals surface area contributed by atoms with Gasteiger partial charge in [-0.05, 0) is 55.7 Å². The van der Waals surface area contributed by atoms with Crippen LogP contribution in [0.5, 0.6) is 0 Å². The van der Waals surface area contributed by atoms with E-state index in [1.54, 1.807) is 4.68 Å². The zero-order chi connectivity index (χ0) is 17.9. The molecule has 2 aromatic carbocycles. The molecule has 0 radical (unpaired) electrons. The van der Waals surface area contributed by atoms with E-state index in [4.69, 9.17) is 0 Å². The van der Waals surface area contributed by atoms with Crippen LogP contribution in [0.15, 0.2) is 54.7 Å². The molecular weight excluding hydrogens is 326 g/mol. The monoisotopic (exact) mass is 347 g/mol. The van der Waals surface area contributed by atoms with Crippen LogP contribution in [0.4, 0.5) is 11.4 Å². The van der Waals surface area contributed by atoms with Crippen LogP contribution in [-0.2, 0) is 11.2 Å². The standard InChI is InChI=1S/C20H21N5O/c1-14(19-13-25(24-23-19)17-7-3-2-4-8-17)21-16-10-11-18-15(12-16)6-5-9-20(26)22-18/h2-4,7-8,10-14,21H,5-6,9H2,1H3,(H,22,26)/t14-/m0/s1. The Morgan fingerprint density at radius 3 is 2.85 bits per heavy atom. The number of hydrogen-bond acceptors (Lipinski definition) is 4. The number of aromatic nitrogens is 3. The van der Waals surface area contributed by atoms with Gasteiger partial charge in [0.25, 0.3) is 0 Å². The molecule has 1 aromatic heterocycles. The van der Waals surface area contributed by atoms with Crippen molar-refractivity contribution in [1.82, 2.24) is 15.0 Å². The number of para-hydroxylation sites is 1. The van der Waals surface area contributed by atoms with Crippen molar-refractivity contribution in [2.24, 2.45) is 0 Å². The first-order valence-corrected chi connectivity index (χ1v) is 8.86. The van der Waals surface area contributed by atoms with Gasteiger partial charge in [0, 0.05) is 17.8 Å². The molecule has 2 heterocycles. The van der Waals surface area contributed by atoms with Gasteiger partial charge in [0.2, 0.25) is 5.91 Å². The summed E-state index contributed by atoms with van der Waals surface area (Å²) in [6, 6.07) is 16.0. The average Bonchev–Trinajstić information content (AvgIpc) is 3.07. The second-order valence-corrected chi connectivity index (χ2v) is 6.56. The molecule has 0 saturated heterocycles. The summed E-state index contributed by atoms with van der Waals surface area (Å²) < 4.78 is 1.78. The maximum Gasteiger partial charge on any atom is 0.224 e. The van der Waals surface area contributed by atoms with Crippen molar-refractivity contribution in [3.63, 3.8) is 0 Å². The number of amides is 1. The van der Waals surface area contributed by atoms with Crippen LogP contribution in [0.25, 0.3) is 5.69 Å². The number of nitrogens with one attached hydrogen (secondary N) is 2. The third-order valence-electron chi connectivity index (χ3n) is 4.59. The molecule has 0 fully saturated rings. The Bertz CT molecular complexity index is 919. The molecule has 0 unspecified atom stereocenters. The predicted octanol–water partition coefficient (Wildman–Crippen LogP) is 3.72. The number of nitrogens with zero attached hydrogens (tertiary/aromatic N) is 3. The van der Waals surface area contributed by atoms with E-state index in [1.165, 1.54) is 5.56 Å². The first kappa shape index (κ1) is 16.3. The highest BCUT2D eigenvalue weighted by Crippen LogP contribution is 2.27. The fraction of sp³-hybridized carbons (Fsp3) is 0.250. The first-order valence-electron chi connectivity index (χ1n) is 8.86. The normalized spacial score (nSPS) is 14.9. The number of carbonyl (C=O) groups is 1. The van der Waals surface area contributed by atoms with E-state index in [2.05, 4.69) is 33.9 Å². The minimum absolute atomic E-state index is 0.0193. The second-order valence-electron chi connectivity index (χ2n) is 6.56. The van der Waals surface area contributed by atoms with E-state index in [0.29, 0.717) is 6.42 Å². The molecule has 4 rings (SSSR count). The van der Waals surface area contributed by atoms with Crippen LogP contribution < -0.4 is 10.6 Å². The Kier molecular flexibility index (Phi) is 4.39. The number of hydrogen-bond donors (Lipinski definition) is 2. The van der Waals surface area contributed by atoms with Crippen molar-refractivity contribution in [1.29, 1.82) is 0 Å². The van der Waals surface area contributed by atoms with Crippen LogP contribution in [0, 0.1) is 0 Å². The number of carbonyl (C=O) groups excluding carboxylic acids is 1. The Hall–Kier alpha value is -3.15. The lowest BCUT2D eigenvalue weighted by Gasteiger charge is -2.15. The Morgan fingerprint density at radius 2 is 2.00 bits per heavy atom. The van der Waals surface area contributed by atoms with E-state index in [0.717, 1.165) is 35.6 Å². The molecule has 0 saturated carbocycles. The van der Waals surface area contributed by atoms with Gasteiger partial charge in [0.15, 0.2) is 0 Å². The summed E-state index contributed by atoms with van der Waals surface area (Å²) in [5.41, 5.74) is 4.96. The van der Waals surface area contributed by atoms with Crippen molar-refractivity contribution in [2.45, 2.75) is 32.2 Å². The largest absolute Gasteiger partial charge is 0.377 e. The molecular formula is C20H21N5O. The van der Waals surface area contributed by atoms with Crippen LogP contribution in [0.1, 0.15) is 37.1 Å². The summed E-state index contributed by atoms with van der Waals surface area (Å²) in [5, 5.41) is 15.0. The zero-order valence-corrected chi connectivity index (χ0v) is 14.6. The highest BCUT2D eigenvalue weighted by atomic mass is 16.1. The van der Waals surface area contributed by atoms with Gasteiger partial charge in [-0.1, -0.05) is 23.4 Å². The molecule has 0 spiro atoms. The molecule has 6 heteroatoms. The third-order valence-corrected chi connectivity index (χ3v) is 4.59. The summed E-state index contributed by atoms with van der Waals surface area (Å²) in [6.07, 6.45) is 4.30. The molecule has 26 heavy (non-hydrogen) atoms. The van der Waals surface area contributed by atoms with Crippen molar-refractivity contribution in [2.75, 3.05) is 10.6 Å². The molecule has 3 aromatic rings. The molecule has 132 valence electrons. The summed E-state index contributed by atoms with van der Waals surface area (Å²) >= 11 is 0. The quantitative estimate of drug-likeness (QED) is 0.754. The van der Waals surface area contributed by atoms with Crippen LogP contribution in [-0.4, -0.2) is 20.9 Å². The highest BCUT2D eigenvalue weighted by Gasteiger charge is 2.15. The molecule has 1 atom stereocenters. The minimum Gasteiger partial charge on any atom is -0.377 e. The fourth-order valence-corrected chi connectivity index (χ4v) is 3.17. The van der Waals surface area contributed by atoms with E-state index in [9.17, 15) is 4.79 Å². The number of benzene rings is 2. The lowest BCUT2D eigenvalue weighted by molar-refractivity contribution is -0.116. The van der Waals surface area contributed by atoms with E-state index < -0.39 is 0 Å². The van der Waals surface area contributed by atoms with Crippen LogP contribution in [0.2, 0.25) is 0 Å². The van der Waals surface area contributed by atoms with E-state index in [1.807, 2.05) is 48.7 Å². The van der Waals surface area contributed by atoms with Gasteiger partial charge < -0.3 is 10.6 Å². The number of fused-ring (bicyclic) bond motifs is 1. The van der Waals surface area contributed by atoms with Gasteiger partial charge in [-0.15, -0.1) is 5.10 Å². The van der Waals surface area contributed by atoms with Crippen molar-refractivity contribution in [3.05, 3.63) is 66.0 Å². The Balaban J connectivity index is 1.50. The highest BCUT2D eigenvalue weighted by molar-refractivity contribution is 5.92. The maximum absolute atomic E-state index is 11.7. The van der Waals surface area contributed by atoms with Gasteiger partial charge in [0.05, 0.1) is 17.9 Å². The van der Waals surface area contributed by atoms with Crippen molar-refractivity contribution >= 4 is 17.3 Å². The number of aryl methyl sites for hydroxylation is 1. The fourth-order valence-electron chi connectivity index (χ4n) is 3.17. The van der Waals surface area contributed by atoms with E-state index >= 15 is 0 Å². The Labute approximate surface area is 152 Å². The molecule has 0 bridgehead atoms. The lowest BCUT2D eigenvalue weighted by Crippen LogP contribution is -2.10. The summed E-state index contributed by atoms with van der Waals surface area (Å²) in [7, 11) is 0. The van der Waals surface area contributed by atoms with Gasteiger partial charge in [-0.3, -0.25) is 4.79 Å². The molecule has 2 N–H and O–H groups in total. The van der Waals surface area contributed by atoms with Gasteiger partial charge in [-0.25, -0.2) is 4.68 Å². The Morgan fingerprint density at radius 1 is 1.15 bits per heavy atom. The molecule has 0 aliphatic carbocycles. The smallest absolute Gasteiger partial charge is 0.224 e. The zero-order valence-electron chi connectivity index (χ0n) is 14.6. The predicted molar refractivity (Wildman–Crippen MR) is 101 cm³/mol. The maximum atomic E-state index is 11.7. The number of anilines is 2. The summed E-state index contributed by atoms with van der Waals surface area (Å²) in [4.78, 5) is 11.7. The molecule has 1 amide bonds. The second kappa shape index (κ2) is 7.00. The van der Waals surface area contributed by atoms with Crippen molar-refractivity contribution < 1.29 is 4.79 Å². The first-order chi connectivity index (χ1) is 12.7. The van der Waals surface area contributed by atoms with Crippen LogP contribution in [0.3, 0.4) is 0 Å². The topological polar surface area (TPSA) is 71.8 Å². The van der Waals surface area contributed by atoms with E-state index in [-0.39, 0.29) is 11.9 Å². The van der Waals surface area contributed by atoms with Crippen molar-refractivity contribution in [3.8, 4) is 5.69 Å². The van der Waals surface area contributed by atoms with Gasteiger partial charge in [-0.2, -0.15) is 0 Å². The molecule has 6 nitrogen and oxygen atoms in total. The lowest BCUT2D eigenvalue weighted by atomic mass is 10.1. The molecule has 1 aliphatic rings. The third kappa shape index (κ3) is 3.44. The SMILES string of the molecule is C[C@H](Nc1ccc2c(c1)CCCC(=O)N2)c1cn(-c2ccccc2)nn1. The average molecular weight is 347 g/mol. The van der Waals surface area contributed by atoms with Crippen LogP contribution >= 0.6 is 0 Å². The van der Waals surface area contributed by atoms with Gasteiger partial charge >= 0.3 is 0 Å².